The summed E-state index contributed by atoms with van der Waals surface area (Å²) >= 11 is 5.32. The molecule has 1 heterocycles. The van der Waals surface area contributed by atoms with Gasteiger partial charge in [-0.25, -0.2) is 4.79 Å². The molecule has 3 rings (SSSR count). The van der Waals surface area contributed by atoms with E-state index in [4.69, 9.17) is 31.2 Å². The highest BCUT2D eigenvalue weighted by atomic mass is 32.1. The first kappa shape index (κ1) is 21.4. The Morgan fingerprint density at radius 2 is 1.67 bits per heavy atom. The minimum atomic E-state index is -0.546. The number of nitrogens with one attached hydrogen (secondary N) is 2. The van der Waals surface area contributed by atoms with Gasteiger partial charge in [-0.3, -0.25) is 0 Å². The van der Waals surface area contributed by atoms with Crippen molar-refractivity contribution in [2.24, 2.45) is 0 Å². The summed E-state index contributed by atoms with van der Waals surface area (Å²) in [4.78, 5) is 13.0. The second-order valence-electron chi connectivity index (χ2n) is 6.59. The Morgan fingerprint density at radius 1 is 1.03 bits per heavy atom. The second kappa shape index (κ2) is 9.49. The monoisotopic (exact) mass is 428 g/mol. The van der Waals surface area contributed by atoms with Crippen LogP contribution in [0.4, 0.5) is 0 Å². The van der Waals surface area contributed by atoms with Crippen LogP contribution >= 0.6 is 12.2 Å². The Kier molecular flexibility index (Phi) is 6.79. The molecule has 0 saturated heterocycles. The highest BCUT2D eigenvalue weighted by molar-refractivity contribution is 7.80. The predicted molar refractivity (Wildman–Crippen MR) is 117 cm³/mol. The Morgan fingerprint density at radius 3 is 2.23 bits per heavy atom. The zero-order valence-electron chi connectivity index (χ0n) is 17.3. The summed E-state index contributed by atoms with van der Waals surface area (Å²) in [5.74, 6) is 0.979. The van der Waals surface area contributed by atoms with Gasteiger partial charge in [-0.05, 0) is 42.4 Å². The summed E-state index contributed by atoms with van der Waals surface area (Å²) in [7, 11) is 4.61. The third-order valence-corrected chi connectivity index (χ3v) is 4.94. The lowest BCUT2D eigenvalue weighted by molar-refractivity contribution is -0.140. The van der Waals surface area contributed by atoms with E-state index in [9.17, 15) is 4.79 Å². The van der Waals surface area contributed by atoms with Gasteiger partial charge in [-0.2, -0.15) is 0 Å². The molecular formula is C22H24N2O5S. The van der Waals surface area contributed by atoms with Crippen LogP contribution in [0.25, 0.3) is 0 Å². The topological polar surface area (TPSA) is 78.1 Å². The van der Waals surface area contributed by atoms with E-state index >= 15 is 0 Å². The summed E-state index contributed by atoms with van der Waals surface area (Å²) in [5.41, 5.74) is 2.67. The molecule has 1 aliphatic rings. The first-order valence-electron chi connectivity index (χ1n) is 9.27. The molecule has 0 radical (unpaired) electrons. The van der Waals surface area contributed by atoms with E-state index in [2.05, 4.69) is 10.6 Å². The largest absolute Gasteiger partial charge is 0.493 e. The van der Waals surface area contributed by atoms with Crippen molar-refractivity contribution in [3.8, 4) is 17.2 Å². The molecule has 0 unspecified atom stereocenters. The molecule has 0 fully saturated rings. The van der Waals surface area contributed by atoms with E-state index in [1.54, 1.807) is 19.1 Å². The lowest BCUT2D eigenvalue weighted by Crippen LogP contribution is -2.45. The van der Waals surface area contributed by atoms with Crippen molar-refractivity contribution in [3.05, 3.63) is 64.9 Å². The summed E-state index contributed by atoms with van der Waals surface area (Å²) in [6.45, 7) is 1.96. The smallest absolute Gasteiger partial charge is 0.338 e. The summed E-state index contributed by atoms with van der Waals surface area (Å²) in [5, 5.41) is 6.55. The van der Waals surface area contributed by atoms with Gasteiger partial charge < -0.3 is 29.6 Å². The van der Waals surface area contributed by atoms with Gasteiger partial charge in [-0.1, -0.05) is 30.3 Å². The van der Waals surface area contributed by atoms with E-state index in [1.165, 1.54) is 21.3 Å². The van der Waals surface area contributed by atoms with Crippen LogP contribution in [0.3, 0.4) is 0 Å². The first-order chi connectivity index (χ1) is 14.5. The fraction of sp³-hybridized carbons (Fsp3) is 0.273. The highest BCUT2D eigenvalue weighted by Crippen LogP contribution is 2.41. The number of hydrogen-bond acceptors (Lipinski definition) is 6. The fourth-order valence-electron chi connectivity index (χ4n) is 3.28. The van der Waals surface area contributed by atoms with Crippen molar-refractivity contribution in [1.29, 1.82) is 0 Å². The Hall–Kier alpha value is -3.26. The standard InChI is InChI=1S/C22H24N2O5S/c1-13-18(21(25)29-12-14-8-6-5-7-9-14)19(24-22(30)23-13)15-10-16(26-2)20(28-4)17(11-15)27-3/h5-11,19H,12H2,1-4H3,(H2,23,24,30)/t19-/m1/s1. The highest BCUT2D eigenvalue weighted by Gasteiger charge is 2.32. The molecule has 2 N–H and O–H groups in total. The molecule has 1 aliphatic heterocycles. The number of ether oxygens (including phenoxy) is 4. The number of carbonyl (C=O) groups is 1. The van der Waals surface area contributed by atoms with E-state index < -0.39 is 12.0 Å². The van der Waals surface area contributed by atoms with Gasteiger partial charge in [0, 0.05) is 5.70 Å². The predicted octanol–water partition coefficient (Wildman–Crippen LogP) is 3.25. The molecule has 0 saturated carbocycles. The summed E-state index contributed by atoms with van der Waals surface area (Å²) in [6.07, 6.45) is 0. The van der Waals surface area contributed by atoms with Crippen LogP contribution in [-0.4, -0.2) is 32.4 Å². The third kappa shape index (κ3) is 4.49. The maximum Gasteiger partial charge on any atom is 0.338 e. The molecule has 1 atom stereocenters. The molecular weight excluding hydrogens is 404 g/mol. The molecule has 2 aromatic carbocycles. The fourth-order valence-corrected chi connectivity index (χ4v) is 3.55. The van der Waals surface area contributed by atoms with Gasteiger partial charge in [0.25, 0.3) is 0 Å². The number of carbonyl (C=O) groups excluding carboxylic acids is 1. The van der Waals surface area contributed by atoms with Gasteiger partial charge in [0.05, 0.1) is 32.9 Å². The van der Waals surface area contributed by atoms with Crippen LogP contribution in [0.1, 0.15) is 24.1 Å². The molecule has 0 amide bonds. The molecule has 8 heteroatoms. The van der Waals surface area contributed by atoms with Crippen LogP contribution in [0, 0.1) is 0 Å². The second-order valence-corrected chi connectivity index (χ2v) is 7.00. The number of methoxy groups -OCH3 is 3. The Bertz CT molecular complexity index is 950. The number of rotatable bonds is 7. The first-order valence-corrected chi connectivity index (χ1v) is 9.68. The Labute approximate surface area is 181 Å². The van der Waals surface area contributed by atoms with Gasteiger partial charge in [0.1, 0.15) is 6.61 Å². The van der Waals surface area contributed by atoms with Crippen molar-refractivity contribution in [3.63, 3.8) is 0 Å². The van der Waals surface area contributed by atoms with Gasteiger partial charge in [-0.15, -0.1) is 0 Å². The molecule has 2 aromatic rings. The van der Waals surface area contributed by atoms with E-state index in [0.29, 0.717) is 33.6 Å². The number of benzene rings is 2. The maximum atomic E-state index is 13.0. The van der Waals surface area contributed by atoms with Crippen LogP contribution < -0.4 is 24.8 Å². The molecule has 0 bridgehead atoms. The minimum Gasteiger partial charge on any atom is -0.493 e. The van der Waals surface area contributed by atoms with E-state index in [1.807, 2.05) is 30.3 Å². The SMILES string of the molecule is COc1cc([C@H]2NC(=S)NC(C)=C2C(=O)OCc2ccccc2)cc(OC)c1OC. The average Bonchev–Trinajstić information content (AvgIpc) is 2.76. The zero-order valence-corrected chi connectivity index (χ0v) is 18.1. The quantitative estimate of drug-likeness (QED) is 0.514. The van der Waals surface area contributed by atoms with Crippen molar-refractivity contribution in [2.45, 2.75) is 19.6 Å². The van der Waals surface area contributed by atoms with Crippen LogP contribution in [-0.2, 0) is 16.1 Å². The lowest BCUT2D eigenvalue weighted by Gasteiger charge is -2.30. The minimum absolute atomic E-state index is 0.170. The van der Waals surface area contributed by atoms with Crippen molar-refractivity contribution in [2.75, 3.05) is 21.3 Å². The number of hydrogen-bond donors (Lipinski definition) is 2. The molecule has 30 heavy (non-hydrogen) atoms. The van der Waals surface area contributed by atoms with Gasteiger partial charge >= 0.3 is 5.97 Å². The van der Waals surface area contributed by atoms with Crippen LogP contribution in [0.2, 0.25) is 0 Å². The normalized spacial score (nSPS) is 15.7. The molecule has 0 spiro atoms. The maximum absolute atomic E-state index is 13.0. The average molecular weight is 429 g/mol. The molecule has 0 aromatic heterocycles. The van der Waals surface area contributed by atoms with E-state index in [-0.39, 0.29) is 6.61 Å². The lowest BCUT2D eigenvalue weighted by atomic mass is 9.95. The van der Waals surface area contributed by atoms with E-state index in [0.717, 1.165) is 11.1 Å². The summed E-state index contributed by atoms with van der Waals surface area (Å²) < 4.78 is 21.9. The van der Waals surface area contributed by atoms with Crippen molar-refractivity contribution in [1.82, 2.24) is 10.6 Å². The Balaban J connectivity index is 1.96. The number of allylic oxidation sites excluding steroid dienone is 1. The molecule has 7 nitrogen and oxygen atoms in total. The third-order valence-electron chi connectivity index (χ3n) is 4.72. The number of thiocarbonyl (C=S) groups is 1. The van der Waals surface area contributed by atoms with Crippen molar-refractivity contribution >= 4 is 23.3 Å². The number of esters is 1. The van der Waals surface area contributed by atoms with Crippen LogP contribution in [0.15, 0.2) is 53.7 Å². The summed E-state index contributed by atoms with van der Waals surface area (Å²) in [6, 6.07) is 12.5. The van der Waals surface area contributed by atoms with Gasteiger partial charge in [0.15, 0.2) is 16.6 Å². The van der Waals surface area contributed by atoms with Gasteiger partial charge in [0.2, 0.25) is 5.75 Å². The molecule has 0 aliphatic carbocycles. The van der Waals surface area contributed by atoms with Crippen molar-refractivity contribution < 1.29 is 23.7 Å². The van der Waals surface area contributed by atoms with Crippen LogP contribution in [0.5, 0.6) is 17.2 Å². The zero-order chi connectivity index (χ0) is 21.7. The molecule has 158 valence electrons.